The van der Waals surface area contributed by atoms with E-state index in [1.54, 1.807) is 11.3 Å². The van der Waals surface area contributed by atoms with Gasteiger partial charge < -0.3 is 9.22 Å². The maximum absolute atomic E-state index is 13.8. The van der Waals surface area contributed by atoms with Crippen LogP contribution < -0.4 is 5.32 Å². The Balaban J connectivity index is 1.21. The van der Waals surface area contributed by atoms with Crippen molar-refractivity contribution >= 4 is 33.2 Å². The summed E-state index contributed by atoms with van der Waals surface area (Å²) >= 11 is 1.66. The molecular formula is C32H33N2O3S+. The number of hydrogen-bond acceptors (Lipinski definition) is 5. The highest BCUT2D eigenvalue weighted by atomic mass is 32.1. The van der Waals surface area contributed by atoms with E-state index in [9.17, 15) is 9.59 Å². The lowest BCUT2D eigenvalue weighted by molar-refractivity contribution is -0.938. The molecule has 0 aliphatic carbocycles. The van der Waals surface area contributed by atoms with Gasteiger partial charge in [0.1, 0.15) is 19.1 Å². The number of piperidine rings is 3. The third-order valence-corrected chi connectivity index (χ3v) is 9.28. The van der Waals surface area contributed by atoms with Crippen molar-refractivity contribution in [3.63, 3.8) is 0 Å². The Labute approximate surface area is 227 Å². The van der Waals surface area contributed by atoms with Gasteiger partial charge in [-0.3, -0.25) is 10.1 Å². The van der Waals surface area contributed by atoms with Crippen molar-refractivity contribution in [3.8, 4) is 0 Å². The molecule has 1 unspecified atom stereocenters. The normalized spacial score (nSPS) is 23.3. The summed E-state index contributed by atoms with van der Waals surface area (Å²) in [6.07, 6.45) is 1.81. The summed E-state index contributed by atoms with van der Waals surface area (Å²) in [6.45, 7) is 3.70. The zero-order chi connectivity index (χ0) is 26.0. The zero-order valence-corrected chi connectivity index (χ0v) is 22.2. The molecule has 2 atom stereocenters. The molecular weight excluding hydrogens is 492 g/mol. The van der Waals surface area contributed by atoms with Crippen LogP contribution in [0.2, 0.25) is 0 Å². The summed E-state index contributed by atoms with van der Waals surface area (Å²) < 4.78 is 8.21. The molecule has 1 aromatic heterocycles. The first-order chi connectivity index (χ1) is 18.6. The Bertz CT molecular complexity index is 1410. The Hall–Kier alpha value is -3.32. The molecule has 194 valence electrons. The van der Waals surface area contributed by atoms with E-state index < -0.39 is 6.04 Å². The number of carbonyl (C=O) groups excluding carboxylic acids is 2. The minimum Gasteiger partial charge on any atom is -0.455 e. The van der Waals surface area contributed by atoms with Crippen molar-refractivity contribution in [2.45, 2.75) is 31.5 Å². The van der Waals surface area contributed by atoms with E-state index in [1.807, 2.05) is 60.7 Å². The standard InChI is InChI=1S/C32H33N2O3S/c35-28(24-11-5-2-6-12-24)20-34-17-15-25(16-18-34)29(21-34)37-32(36)31(33-19-23-9-3-1-4-10-23)27-22-38-30-14-8-7-13-26(27)30/h1-14,22,25,29,31,33H,15-21H2/q+1/t25?,29-,31?,34?/m0/s1. The van der Waals surface area contributed by atoms with Gasteiger partial charge in [-0.1, -0.05) is 78.9 Å². The second-order valence-electron chi connectivity index (χ2n) is 10.7. The highest BCUT2D eigenvalue weighted by Crippen LogP contribution is 2.37. The molecule has 3 aliphatic rings. The second-order valence-corrected chi connectivity index (χ2v) is 11.6. The Morgan fingerprint density at radius 1 is 0.921 bits per heavy atom. The molecule has 4 aromatic rings. The second kappa shape index (κ2) is 10.8. The first-order valence-electron chi connectivity index (χ1n) is 13.5. The van der Waals surface area contributed by atoms with E-state index >= 15 is 0 Å². The van der Waals surface area contributed by atoms with Crippen molar-refractivity contribution in [3.05, 3.63) is 107 Å². The maximum Gasteiger partial charge on any atom is 0.328 e. The van der Waals surface area contributed by atoms with Gasteiger partial charge in [-0.25, -0.2) is 4.79 Å². The number of carbonyl (C=O) groups is 2. The average Bonchev–Trinajstić information content (AvgIpc) is 3.38. The number of ether oxygens (including phenoxy) is 1. The lowest BCUT2D eigenvalue weighted by Crippen LogP contribution is -2.65. The van der Waals surface area contributed by atoms with Gasteiger partial charge in [-0.15, -0.1) is 11.3 Å². The van der Waals surface area contributed by atoms with Gasteiger partial charge in [0.25, 0.3) is 0 Å². The van der Waals surface area contributed by atoms with Crippen LogP contribution in [-0.2, 0) is 16.1 Å². The fraction of sp³-hybridized carbons (Fsp3) is 0.312. The van der Waals surface area contributed by atoms with Crippen molar-refractivity contribution < 1.29 is 18.8 Å². The number of nitrogens with zero attached hydrogens (tertiary/aromatic N) is 1. The minimum atomic E-state index is -0.554. The first kappa shape index (κ1) is 25.0. The summed E-state index contributed by atoms with van der Waals surface area (Å²) in [5.41, 5.74) is 2.85. The monoisotopic (exact) mass is 525 g/mol. The number of Topliss-reactive ketones (excluding diaryl/α,β-unsaturated/α-hetero) is 1. The van der Waals surface area contributed by atoms with Gasteiger partial charge in [0, 0.05) is 35.6 Å². The van der Waals surface area contributed by atoms with Gasteiger partial charge in [0.15, 0.2) is 6.10 Å². The van der Waals surface area contributed by atoms with Crippen LogP contribution in [0.1, 0.15) is 40.4 Å². The largest absolute Gasteiger partial charge is 0.455 e. The molecule has 0 amide bonds. The van der Waals surface area contributed by atoms with E-state index in [0.29, 0.717) is 30.0 Å². The summed E-state index contributed by atoms with van der Waals surface area (Å²) in [6, 6.07) is 27.3. The van der Waals surface area contributed by atoms with Crippen LogP contribution >= 0.6 is 11.3 Å². The fourth-order valence-electron chi connectivity index (χ4n) is 6.17. The van der Waals surface area contributed by atoms with Crippen LogP contribution in [0.15, 0.2) is 90.3 Å². The zero-order valence-electron chi connectivity index (χ0n) is 21.4. The SMILES string of the molecule is O=C(C[N+]12CCC(CC1)[C@@H](OC(=O)C(NCc1ccccc1)c1csc3ccccc13)C2)c1ccccc1. The third-order valence-electron chi connectivity index (χ3n) is 8.29. The Morgan fingerprint density at radius 3 is 2.37 bits per heavy atom. The maximum atomic E-state index is 13.8. The van der Waals surface area contributed by atoms with Gasteiger partial charge in [0.05, 0.1) is 13.1 Å². The Morgan fingerprint density at radius 2 is 1.61 bits per heavy atom. The molecule has 5 nitrogen and oxygen atoms in total. The van der Waals surface area contributed by atoms with E-state index in [2.05, 4.69) is 35.0 Å². The summed E-state index contributed by atoms with van der Waals surface area (Å²) in [5.74, 6) is 0.304. The molecule has 6 heteroatoms. The van der Waals surface area contributed by atoms with Crippen LogP contribution in [0.4, 0.5) is 0 Å². The van der Waals surface area contributed by atoms with Crippen LogP contribution in [0.25, 0.3) is 10.1 Å². The molecule has 0 saturated carbocycles. The smallest absolute Gasteiger partial charge is 0.328 e. The number of nitrogens with one attached hydrogen (secondary N) is 1. The lowest BCUT2D eigenvalue weighted by Gasteiger charge is -2.51. The van der Waals surface area contributed by atoms with Gasteiger partial charge in [-0.2, -0.15) is 0 Å². The minimum absolute atomic E-state index is 0.167. The molecule has 0 spiro atoms. The lowest BCUT2D eigenvalue weighted by atomic mass is 9.82. The topological polar surface area (TPSA) is 55.4 Å². The van der Waals surface area contributed by atoms with Crippen molar-refractivity contribution in [1.29, 1.82) is 0 Å². The highest BCUT2D eigenvalue weighted by Gasteiger charge is 2.49. The summed E-state index contributed by atoms with van der Waals surface area (Å²) in [7, 11) is 0. The van der Waals surface area contributed by atoms with Gasteiger partial charge >= 0.3 is 5.97 Å². The van der Waals surface area contributed by atoms with Crippen LogP contribution in [0.5, 0.6) is 0 Å². The summed E-state index contributed by atoms with van der Waals surface area (Å²) in [4.78, 5) is 26.9. The molecule has 3 aliphatic heterocycles. The third kappa shape index (κ3) is 5.17. The molecule has 7 rings (SSSR count). The molecule has 3 saturated heterocycles. The summed E-state index contributed by atoms with van der Waals surface area (Å²) in [5, 5.41) is 6.67. The molecule has 3 fully saturated rings. The van der Waals surface area contributed by atoms with Crippen LogP contribution in [-0.4, -0.2) is 48.5 Å². The van der Waals surface area contributed by atoms with E-state index in [1.165, 1.54) is 0 Å². The number of rotatable bonds is 9. The fourth-order valence-corrected chi connectivity index (χ4v) is 7.16. The first-order valence-corrected chi connectivity index (χ1v) is 14.4. The van der Waals surface area contributed by atoms with E-state index in [-0.39, 0.29) is 17.9 Å². The van der Waals surface area contributed by atoms with Crippen LogP contribution in [0, 0.1) is 5.92 Å². The Kier molecular flexibility index (Phi) is 7.11. The number of benzene rings is 3. The van der Waals surface area contributed by atoms with Crippen molar-refractivity contribution in [2.24, 2.45) is 5.92 Å². The van der Waals surface area contributed by atoms with Crippen molar-refractivity contribution in [2.75, 3.05) is 26.2 Å². The van der Waals surface area contributed by atoms with Gasteiger partial charge in [-0.05, 0) is 28.0 Å². The molecule has 3 aromatic carbocycles. The number of thiophene rings is 1. The average molecular weight is 526 g/mol. The highest BCUT2D eigenvalue weighted by molar-refractivity contribution is 7.17. The molecule has 4 heterocycles. The quantitative estimate of drug-likeness (QED) is 0.171. The number of quaternary nitrogens is 1. The number of hydrogen-bond donors (Lipinski definition) is 1. The van der Waals surface area contributed by atoms with E-state index in [4.69, 9.17) is 4.74 Å². The molecule has 0 radical (unpaired) electrons. The molecule has 2 bridgehead atoms. The number of ketones is 1. The molecule has 38 heavy (non-hydrogen) atoms. The number of fused-ring (bicyclic) bond motifs is 4. The van der Waals surface area contributed by atoms with E-state index in [0.717, 1.165) is 52.7 Å². The van der Waals surface area contributed by atoms with Crippen molar-refractivity contribution in [1.82, 2.24) is 5.32 Å². The van der Waals surface area contributed by atoms with Crippen LogP contribution in [0.3, 0.4) is 0 Å². The predicted molar refractivity (Wildman–Crippen MR) is 151 cm³/mol. The number of esters is 1. The van der Waals surface area contributed by atoms with Gasteiger partial charge in [0.2, 0.25) is 5.78 Å². The molecule has 1 N–H and O–H groups in total. The predicted octanol–water partition coefficient (Wildman–Crippen LogP) is 5.77.